The van der Waals surface area contributed by atoms with Crippen molar-refractivity contribution in [3.05, 3.63) is 0 Å². The second-order valence-corrected chi connectivity index (χ2v) is 4.60. The molecular weight excluding hydrogens is 216 g/mol. The van der Waals surface area contributed by atoms with Gasteiger partial charge in [-0.25, -0.2) is 4.79 Å². The van der Waals surface area contributed by atoms with Gasteiger partial charge in [0.05, 0.1) is 30.4 Å². The van der Waals surface area contributed by atoms with Gasteiger partial charge in [-0.2, -0.15) is 0 Å². The Morgan fingerprint density at radius 3 is 2.81 bits per heavy atom. The van der Waals surface area contributed by atoms with Gasteiger partial charge in [-0.1, -0.05) is 0 Å². The Kier molecular flexibility index (Phi) is 2.12. The number of amides is 1. The van der Waals surface area contributed by atoms with E-state index in [2.05, 4.69) is 5.32 Å². The first kappa shape index (κ1) is 10.3. The molecule has 1 amide bonds. The number of aliphatic hydroxyl groups is 3. The molecule has 0 aromatic rings. The number of nitrogens with one attached hydrogen (secondary N) is 1. The number of carbonyl (C=O) groups excluding carboxylic acids is 1. The lowest BCUT2D eigenvalue weighted by molar-refractivity contribution is -0.0995. The molecule has 0 aliphatic carbocycles. The van der Waals surface area contributed by atoms with Crippen molar-refractivity contribution in [2.45, 2.75) is 43.0 Å². The minimum Gasteiger partial charge on any atom is -0.428 e. The van der Waals surface area contributed by atoms with Crippen LogP contribution in [0.25, 0.3) is 0 Å². The lowest BCUT2D eigenvalue weighted by Gasteiger charge is -2.40. The maximum Gasteiger partial charge on any atom is 0.409 e. The Bertz CT molecular complexity index is 325. The number of hydrogen-bond donors (Lipinski definition) is 4. The van der Waals surface area contributed by atoms with Crippen LogP contribution in [0.3, 0.4) is 0 Å². The fraction of sp³-hybridized carbons (Fsp3) is 0.889. The van der Waals surface area contributed by atoms with Crippen molar-refractivity contribution in [2.24, 2.45) is 0 Å². The third kappa shape index (κ3) is 1.26. The van der Waals surface area contributed by atoms with Gasteiger partial charge >= 0.3 is 6.09 Å². The van der Waals surface area contributed by atoms with Gasteiger partial charge in [-0.05, 0) is 0 Å². The third-order valence-corrected chi connectivity index (χ3v) is 3.62. The fourth-order valence-corrected chi connectivity index (χ4v) is 2.91. The standard InChI is InChI=1S/C9H14N2O5/c12-4-1-3-8(16-9(15)10-3)11-2-5(13)7(14)6(4)11/h3-8,12-14H,1-2H2,(H,10,15)/t3?,4-,5-,6-,7-,8?/m1/s1. The number of carbonyl (C=O) groups is 1. The average molecular weight is 230 g/mol. The molecule has 0 radical (unpaired) electrons. The minimum absolute atomic E-state index is 0.207. The van der Waals surface area contributed by atoms with Gasteiger partial charge in [0.1, 0.15) is 0 Å². The molecule has 6 atom stereocenters. The summed E-state index contributed by atoms with van der Waals surface area (Å²) in [5.74, 6) is 0. The molecule has 0 saturated carbocycles. The van der Waals surface area contributed by atoms with Gasteiger partial charge in [0.2, 0.25) is 0 Å². The van der Waals surface area contributed by atoms with Gasteiger partial charge in [0.15, 0.2) is 6.23 Å². The van der Waals surface area contributed by atoms with Gasteiger partial charge in [0.25, 0.3) is 0 Å². The van der Waals surface area contributed by atoms with E-state index in [4.69, 9.17) is 4.74 Å². The van der Waals surface area contributed by atoms with E-state index in [1.54, 1.807) is 4.90 Å². The van der Waals surface area contributed by atoms with Crippen molar-refractivity contribution >= 4 is 6.09 Å². The van der Waals surface area contributed by atoms with Gasteiger partial charge in [0, 0.05) is 13.0 Å². The normalized spacial score (nSPS) is 51.8. The van der Waals surface area contributed by atoms with Crippen molar-refractivity contribution in [2.75, 3.05) is 6.54 Å². The number of hydrogen-bond acceptors (Lipinski definition) is 6. The molecule has 0 bridgehead atoms. The number of ether oxygens (including phenoxy) is 1. The molecule has 3 saturated heterocycles. The maximum absolute atomic E-state index is 11.1. The van der Waals surface area contributed by atoms with Crippen molar-refractivity contribution in [3.8, 4) is 0 Å². The zero-order valence-electron chi connectivity index (χ0n) is 8.48. The zero-order valence-corrected chi connectivity index (χ0v) is 8.48. The van der Waals surface area contributed by atoms with Crippen molar-refractivity contribution in [1.29, 1.82) is 0 Å². The van der Waals surface area contributed by atoms with E-state index in [1.807, 2.05) is 0 Å². The first-order valence-electron chi connectivity index (χ1n) is 5.35. The Morgan fingerprint density at radius 1 is 1.31 bits per heavy atom. The number of fused-ring (bicyclic) bond motifs is 3. The Balaban J connectivity index is 1.88. The van der Waals surface area contributed by atoms with E-state index in [0.717, 1.165) is 0 Å². The van der Waals surface area contributed by atoms with Gasteiger partial charge in [-0.3, -0.25) is 4.90 Å². The van der Waals surface area contributed by atoms with Crippen LogP contribution in [0.2, 0.25) is 0 Å². The second-order valence-electron chi connectivity index (χ2n) is 4.60. The Hall–Kier alpha value is -0.890. The largest absolute Gasteiger partial charge is 0.428 e. The summed E-state index contributed by atoms with van der Waals surface area (Å²) in [6, 6.07) is -0.819. The predicted molar refractivity (Wildman–Crippen MR) is 50.3 cm³/mol. The summed E-state index contributed by atoms with van der Waals surface area (Å²) >= 11 is 0. The highest BCUT2D eigenvalue weighted by Gasteiger charge is 2.55. The highest BCUT2D eigenvalue weighted by Crippen LogP contribution is 2.34. The summed E-state index contributed by atoms with van der Waals surface area (Å²) in [5.41, 5.74) is 0. The van der Waals surface area contributed by atoms with Crippen LogP contribution in [-0.2, 0) is 4.74 Å². The van der Waals surface area contributed by atoms with Crippen LogP contribution in [-0.4, -0.2) is 69.5 Å². The smallest absolute Gasteiger partial charge is 0.409 e. The van der Waals surface area contributed by atoms with Crippen molar-refractivity contribution < 1.29 is 24.9 Å². The number of rotatable bonds is 0. The molecular formula is C9H14N2O5. The molecule has 2 unspecified atom stereocenters. The monoisotopic (exact) mass is 230 g/mol. The van der Waals surface area contributed by atoms with E-state index in [1.165, 1.54) is 0 Å². The molecule has 7 heteroatoms. The van der Waals surface area contributed by atoms with Crippen LogP contribution in [0.15, 0.2) is 0 Å². The molecule has 4 N–H and O–H groups in total. The minimum atomic E-state index is -0.991. The lowest BCUT2D eigenvalue weighted by Crippen LogP contribution is -2.59. The number of aliphatic hydroxyl groups excluding tert-OH is 3. The molecule has 7 nitrogen and oxygen atoms in total. The summed E-state index contributed by atoms with van der Waals surface area (Å²) in [6.07, 6.45) is -3.34. The molecule has 3 aliphatic heterocycles. The summed E-state index contributed by atoms with van der Waals surface area (Å²) in [6.45, 7) is 0.207. The van der Waals surface area contributed by atoms with Gasteiger partial charge in [-0.15, -0.1) is 0 Å². The van der Waals surface area contributed by atoms with E-state index in [-0.39, 0.29) is 12.6 Å². The average Bonchev–Trinajstić information content (AvgIpc) is 2.69. The predicted octanol–water partition coefficient (Wildman–Crippen LogP) is -2.41. The first-order valence-corrected chi connectivity index (χ1v) is 5.35. The van der Waals surface area contributed by atoms with E-state index in [0.29, 0.717) is 6.42 Å². The number of piperidine rings is 1. The van der Waals surface area contributed by atoms with E-state index in [9.17, 15) is 20.1 Å². The third-order valence-electron chi connectivity index (χ3n) is 3.62. The summed E-state index contributed by atoms with van der Waals surface area (Å²) in [5, 5.41) is 31.8. The number of nitrogens with zero attached hydrogens (tertiary/aromatic N) is 1. The molecule has 0 aromatic carbocycles. The van der Waals surface area contributed by atoms with Crippen LogP contribution in [0.4, 0.5) is 4.79 Å². The van der Waals surface area contributed by atoms with E-state index >= 15 is 0 Å². The van der Waals surface area contributed by atoms with Crippen LogP contribution in [0, 0.1) is 0 Å². The quantitative estimate of drug-likeness (QED) is 0.370. The maximum atomic E-state index is 11.1. The second kappa shape index (κ2) is 3.30. The highest BCUT2D eigenvalue weighted by molar-refractivity contribution is 5.70. The van der Waals surface area contributed by atoms with Crippen molar-refractivity contribution in [3.63, 3.8) is 0 Å². The molecule has 3 heterocycles. The molecule has 16 heavy (non-hydrogen) atoms. The molecule has 0 aromatic heterocycles. The molecule has 0 spiro atoms. The molecule has 3 fully saturated rings. The van der Waals surface area contributed by atoms with Crippen LogP contribution in [0.5, 0.6) is 0 Å². The topological polar surface area (TPSA) is 102 Å². The van der Waals surface area contributed by atoms with E-state index < -0.39 is 36.7 Å². The zero-order chi connectivity index (χ0) is 11.4. The highest BCUT2D eigenvalue weighted by atomic mass is 16.6. The first-order chi connectivity index (χ1) is 7.58. The Labute approximate surface area is 91.6 Å². The summed E-state index contributed by atoms with van der Waals surface area (Å²) < 4.78 is 5.07. The molecule has 3 rings (SSSR count). The van der Waals surface area contributed by atoms with Crippen LogP contribution < -0.4 is 5.32 Å². The summed E-state index contributed by atoms with van der Waals surface area (Å²) in [4.78, 5) is 12.8. The molecule has 90 valence electrons. The summed E-state index contributed by atoms with van der Waals surface area (Å²) in [7, 11) is 0. The van der Waals surface area contributed by atoms with Crippen LogP contribution >= 0.6 is 0 Å². The SMILES string of the molecule is O=C1NC2C[C@@H](O)[C@@H]3[C@H](O)[C@H](O)CN3C2O1. The Morgan fingerprint density at radius 2 is 2.06 bits per heavy atom. The van der Waals surface area contributed by atoms with Crippen molar-refractivity contribution in [1.82, 2.24) is 10.2 Å². The van der Waals surface area contributed by atoms with Crippen LogP contribution in [0.1, 0.15) is 6.42 Å². The van der Waals surface area contributed by atoms with Gasteiger partial charge < -0.3 is 25.4 Å². The molecule has 3 aliphatic rings. The number of alkyl carbamates (subject to hydrolysis) is 1. The lowest BCUT2D eigenvalue weighted by atomic mass is 9.93. The fourth-order valence-electron chi connectivity index (χ4n) is 2.91.